The fraction of sp³-hybridized carbons (Fsp3) is 0.500. The Morgan fingerprint density at radius 1 is 1.56 bits per heavy atom. The second kappa shape index (κ2) is 4.89. The third kappa shape index (κ3) is 2.11. The molecule has 2 heterocycles. The van der Waals surface area contributed by atoms with Crippen LogP contribution in [-0.4, -0.2) is 32.2 Å². The van der Waals surface area contributed by atoms with Gasteiger partial charge in [-0.15, -0.1) is 10.2 Å². The van der Waals surface area contributed by atoms with Crippen LogP contribution in [0, 0.1) is 0 Å². The molecule has 0 saturated heterocycles. The van der Waals surface area contributed by atoms with Crippen molar-refractivity contribution in [3.05, 3.63) is 18.7 Å². The van der Waals surface area contributed by atoms with Crippen LogP contribution >= 0.6 is 0 Å². The van der Waals surface area contributed by atoms with E-state index >= 15 is 0 Å². The molecule has 0 aliphatic carbocycles. The smallest absolute Gasteiger partial charge is 0.203 e. The van der Waals surface area contributed by atoms with Crippen LogP contribution in [0.25, 0.3) is 5.65 Å². The van der Waals surface area contributed by atoms with Gasteiger partial charge in [-0.25, -0.2) is 4.98 Å². The molecule has 0 bridgehead atoms. The van der Waals surface area contributed by atoms with Gasteiger partial charge in [0.15, 0.2) is 5.82 Å². The lowest BCUT2D eigenvalue weighted by molar-refractivity contribution is 0.646. The van der Waals surface area contributed by atoms with E-state index in [4.69, 9.17) is 5.73 Å². The van der Waals surface area contributed by atoms with Gasteiger partial charge >= 0.3 is 0 Å². The SMILES string of the molecule is CCCC(CN)Nc1nccn2cnnc12. The van der Waals surface area contributed by atoms with E-state index in [1.54, 1.807) is 12.5 Å². The van der Waals surface area contributed by atoms with Crippen LogP contribution in [0.4, 0.5) is 5.82 Å². The predicted octanol–water partition coefficient (Wildman–Crippen LogP) is 0.664. The van der Waals surface area contributed by atoms with Gasteiger partial charge in [0, 0.05) is 25.0 Å². The first-order valence-electron chi connectivity index (χ1n) is 5.46. The van der Waals surface area contributed by atoms with Crippen molar-refractivity contribution in [2.75, 3.05) is 11.9 Å². The highest BCUT2D eigenvalue weighted by molar-refractivity contribution is 5.61. The highest BCUT2D eigenvalue weighted by Gasteiger charge is 2.09. The Morgan fingerprint density at radius 3 is 3.19 bits per heavy atom. The molecule has 0 fully saturated rings. The predicted molar refractivity (Wildman–Crippen MR) is 62.2 cm³/mol. The van der Waals surface area contributed by atoms with Crippen LogP contribution in [0.5, 0.6) is 0 Å². The van der Waals surface area contributed by atoms with Gasteiger partial charge in [0.05, 0.1) is 0 Å². The van der Waals surface area contributed by atoms with Gasteiger partial charge in [-0.3, -0.25) is 4.40 Å². The maximum absolute atomic E-state index is 5.69. The number of fused-ring (bicyclic) bond motifs is 1. The molecule has 0 aromatic carbocycles. The number of nitrogens with two attached hydrogens (primary N) is 1. The molecule has 0 saturated carbocycles. The van der Waals surface area contributed by atoms with Crippen molar-refractivity contribution < 1.29 is 0 Å². The Labute approximate surface area is 93.9 Å². The van der Waals surface area contributed by atoms with Crippen molar-refractivity contribution in [3.63, 3.8) is 0 Å². The summed E-state index contributed by atoms with van der Waals surface area (Å²) in [6.07, 6.45) is 7.30. The van der Waals surface area contributed by atoms with E-state index in [0.29, 0.717) is 6.54 Å². The lowest BCUT2D eigenvalue weighted by Gasteiger charge is -2.16. The molecular formula is C10H16N6. The van der Waals surface area contributed by atoms with Crippen molar-refractivity contribution in [2.24, 2.45) is 5.73 Å². The van der Waals surface area contributed by atoms with Crippen molar-refractivity contribution in [1.29, 1.82) is 0 Å². The van der Waals surface area contributed by atoms with Gasteiger partial charge in [0.2, 0.25) is 5.65 Å². The summed E-state index contributed by atoms with van der Waals surface area (Å²) in [5.41, 5.74) is 6.43. The number of nitrogens with one attached hydrogen (secondary N) is 1. The molecule has 0 radical (unpaired) electrons. The summed E-state index contributed by atoms with van der Waals surface area (Å²) in [7, 11) is 0. The summed E-state index contributed by atoms with van der Waals surface area (Å²) >= 11 is 0. The van der Waals surface area contributed by atoms with Crippen LogP contribution in [0.2, 0.25) is 0 Å². The standard InChI is InChI=1S/C10H16N6/c1-2-3-8(6-11)14-9-10-15-13-7-16(10)5-4-12-9/h4-5,7-8H,2-3,6,11H2,1H3,(H,12,14). The lowest BCUT2D eigenvalue weighted by atomic mass is 10.2. The average molecular weight is 220 g/mol. The summed E-state index contributed by atoms with van der Waals surface area (Å²) in [5.74, 6) is 0.740. The van der Waals surface area contributed by atoms with Gasteiger partial charge in [-0.05, 0) is 6.42 Å². The van der Waals surface area contributed by atoms with Gasteiger partial charge in [-0.2, -0.15) is 0 Å². The van der Waals surface area contributed by atoms with Crippen LogP contribution in [0.1, 0.15) is 19.8 Å². The molecule has 2 rings (SSSR count). The zero-order chi connectivity index (χ0) is 11.4. The average Bonchev–Trinajstić information content (AvgIpc) is 2.77. The van der Waals surface area contributed by atoms with Gasteiger partial charge in [-0.1, -0.05) is 13.3 Å². The van der Waals surface area contributed by atoms with Gasteiger partial charge in [0.1, 0.15) is 6.33 Å². The second-order valence-electron chi connectivity index (χ2n) is 3.70. The minimum atomic E-state index is 0.236. The molecule has 2 aromatic heterocycles. The first-order chi connectivity index (χ1) is 7.85. The molecule has 1 unspecified atom stereocenters. The van der Waals surface area contributed by atoms with Crippen LogP contribution < -0.4 is 11.1 Å². The quantitative estimate of drug-likeness (QED) is 0.773. The van der Waals surface area contributed by atoms with Crippen molar-refractivity contribution >= 4 is 11.5 Å². The van der Waals surface area contributed by atoms with Gasteiger partial charge < -0.3 is 11.1 Å². The summed E-state index contributed by atoms with van der Waals surface area (Å²) < 4.78 is 1.83. The summed E-state index contributed by atoms with van der Waals surface area (Å²) in [6, 6.07) is 0.236. The maximum Gasteiger partial charge on any atom is 0.203 e. The first-order valence-corrected chi connectivity index (χ1v) is 5.46. The second-order valence-corrected chi connectivity index (χ2v) is 3.70. The number of anilines is 1. The first kappa shape index (κ1) is 10.8. The molecule has 0 aliphatic rings. The fourth-order valence-electron chi connectivity index (χ4n) is 1.65. The number of aromatic nitrogens is 4. The zero-order valence-corrected chi connectivity index (χ0v) is 9.30. The van der Waals surface area contributed by atoms with Crippen molar-refractivity contribution in [2.45, 2.75) is 25.8 Å². The van der Waals surface area contributed by atoms with Crippen LogP contribution in [0.15, 0.2) is 18.7 Å². The van der Waals surface area contributed by atoms with E-state index in [2.05, 4.69) is 27.4 Å². The van der Waals surface area contributed by atoms with E-state index in [9.17, 15) is 0 Å². The minimum absolute atomic E-state index is 0.236. The molecule has 6 heteroatoms. The topological polar surface area (TPSA) is 81.1 Å². The molecule has 2 aromatic rings. The van der Waals surface area contributed by atoms with E-state index < -0.39 is 0 Å². The van der Waals surface area contributed by atoms with Crippen molar-refractivity contribution in [1.82, 2.24) is 19.6 Å². The third-order valence-corrected chi connectivity index (χ3v) is 2.48. The van der Waals surface area contributed by atoms with Crippen LogP contribution in [0.3, 0.4) is 0 Å². The third-order valence-electron chi connectivity index (χ3n) is 2.48. The van der Waals surface area contributed by atoms with E-state index in [-0.39, 0.29) is 6.04 Å². The number of hydrogen-bond acceptors (Lipinski definition) is 5. The molecule has 1 atom stereocenters. The molecule has 0 aliphatic heterocycles. The Bertz CT molecular complexity index is 451. The number of hydrogen-bond donors (Lipinski definition) is 2. The molecule has 0 amide bonds. The van der Waals surface area contributed by atoms with Gasteiger partial charge in [0.25, 0.3) is 0 Å². The largest absolute Gasteiger partial charge is 0.363 e. The summed E-state index contributed by atoms with van der Waals surface area (Å²) in [6.45, 7) is 2.72. The molecule has 0 spiro atoms. The summed E-state index contributed by atoms with van der Waals surface area (Å²) in [4.78, 5) is 4.26. The molecule has 16 heavy (non-hydrogen) atoms. The molecular weight excluding hydrogens is 204 g/mol. The number of nitrogens with zero attached hydrogens (tertiary/aromatic N) is 4. The highest BCUT2D eigenvalue weighted by atomic mass is 15.2. The van der Waals surface area contributed by atoms with E-state index in [1.165, 1.54) is 0 Å². The highest BCUT2D eigenvalue weighted by Crippen LogP contribution is 2.12. The monoisotopic (exact) mass is 220 g/mol. The fourth-order valence-corrected chi connectivity index (χ4v) is 1.65. The lowest BCUT2D eigenvalue weighted by Crippen LogP contribution is -2.29. The van der Waals surface area contributed by atoms with E-state index in [1.807, 2.05) is 10.6 Å². The number of rotatable bonds is 5. The minimum Gasteiger partial charge on any atom is -0.363 e. The molecule has 86 valence electrons. The normalized spacial score (nSPS) is 12.9. The van der Waals surface area contributed by atoms with Crippen molar-refractivity contribution in [3.8, 4) is 0 Å². The van der Waals surface area contributed by atoms with E-state index in [0.717, 1.165) is 24.3 Å². The maximum atomic E-state index is 5.69. The Kier molecular flexibility index (Phi) is 3.31. The molecule has 3 N–H and O–H groups in total. The molecule has 6 nitrogen and oxygen atoms in total. The van der Waals surface area contributed by atoms with Crippen LogP contribution in [-0.2, 0) is 0 Å². The summed E-state index contributed by atoms with van der Waals surface area (Å²) in [5, 5.41) is 11.2. The Hall–Kier alpha value is -1.69. The zero-order valence-electron chi connectivity index (χ0n) is 9.30. The Morgan fingerprint density at radius 2 is 2.44 bits per heavy atom. The Balaban J connectivity index is 2.22.